The Bertz CT molecular complexity index is 1490. The lowest BCUT2D eigenvalue weighted by atomic mass is 9.79. The lowest BCUT2D eigenvalue weighted by Crippen LogP contribution is -2.29. The Morgan fingerprint density at radius 2 is 1.38 bits per heavy atom. The van der Waals surface area contributed by atoms with E-state index in [1.54, 1.807) is 0 Å². The standard InChI is InChI=1S/C41H46O4/c1-4-6-16-32(5-2)30-45-40-29-36(24-26-39(40)44-31-35-21-14-9-15-22-35)28-38(41(42)43-3)37(27-34-19-12-8-13-20-34)25-23-33-17-10-7-11-18-33/h4,6-22,24,26,29,37-38H,5,23,25,27-28,30-31H2,1-3H3/b6-4-,32-16+/t37?,38-/m1/s1. The van der Waals surface area contributed by atoms with Gasteiger partial charge in [0.05, 0.1) is 13.0 Å². The van der Waals surface area contributed by atoms with Gasteiger partial charge in [-0.25, -0.2) is 0 Å². The monoisotopic (exact) mass is 602 g/mol. The zero-order valence-electron chi connectivity index (χ0n) is 26.9. The van der Waals surface area contributed by atoms with E-state index in [2.05, 4.69) is 67.6 Å². The van der Waals surface area contributed by atoms with Gasteiger partial charge in [-0.3, -0.25) is 4.79 Å². The fourth-order valence-electron chi connectivity index (χ4n) is 5.52. The molecule has 0 radical (unpaired) electrons. The van der Waals surface area contributed by atoms with Crippen molar-refractivity contribution in [1.82, 2.24) is 0 Å². The molecule has 4 nitrogen and oxygen atoms in total. The highest BCUT2D eigenvalue weighted by Crippen LogP contribution is 2.33. The van der Waals surface area contributed by atoms with Crippen molar-refractivity contribution in [3.05, 3.63) is 155 Å². The van der Waals surface area contributed by atoms with Crippen LogP contribution in [-0.2, 0) is 35.4 Å². The van der Waals surface area contributed by atoms with Crippen LogP contribution in [0, 0.1) is 11.8 Å². The second-order valence-electron chi connectivity index (χ2n) is 11.4. The van der Waals surface area contributed by atoms with Gasteiger partial charge in [-0.15, -0.1) is 0 Å². The lowest BCUT2D eigenvalue weighted by Gasteiger charge is -2.26. The Kier molecular flexibility index (Phi) is 13.5. The van der Waals surface area contributed by atoms with E-state index in [0.29, 0.717) is 31.1 Å². The van der Waals surface area contributed by atoms with E-state index in [-0.39, 0.29) is 17.8 Å². The van der Waals surface area contributed by atoms with Crippen LogP contribution in [0.15, 0.2) is 133 Å². The number of benzene rings is 4. The number of rotatable bonds is 17. The van der Waals surface area contributed by atoms with Crippen LogP contribution in [0.1, 0.15) is 48.9 Å². The van der Waals surface area contributed by atoms with Gasteiger partial charge in [0.1, 0.15) is 13.2 Å². The molecule has 4 heteroatoms. The van der Waals surface area contributed by atoms with Gasteiger partial charge in [0.15, 0.2) is 11.5 Å². The fourth-order valence-corrected chi connectivity index (χ4v) is 5.52. The Labute approximate surface area is 269 Å². The molecule has 2 atom stereocenters. The molecular formula is C41H46O4. The molecule has 4 aromatic rings. The predicted molar refractivity (Wildman–Crippen MR) is 184 cm³/mol. The maximum atomic E-state index is 13.4. The molecule has 0 spiro atoms. The molecule has 0 aliphatic rings. The first-order valence-electron chi connectivity index (χ1n) is 16.0. The Morgan fingerprint density at radius 1 is 0.733 bits per heavy atom. The van der Waals surface area contributed by atoms with Crippen molar-refractivity contribution < 1.29 is 19.0 Å². The molecule has 45 heavy (non-hydrogen) atoms. The number of ether oxygens (including phenoxy) is 3. The van der Waals surface area contributed by atoms with Crippen molar-refractivity contribution >= 4 is 5.97 Å². The summed E-state index contributed by atoms with van der Waals surface area (Å²) < 4.78 is 18.1. The first-order chi connectivity index (χ1) is 22.1. The first-order valence-corrected chi connectivity index (χ1v) is 16.0. The summed E-state index contributed by atoms with van der Waals surface area (Å²) in [5, 5.41) is 0. The van der Waals surface area contributed by atoms with E-state index in [1.165, 1.54) is 23.8 Å². The lowest BCUT2D eigenvalue weighted by molar-refractivity contribution is -0.147. The first kappa shape index (κ1) is 33.3. The predicted octanol–water partition coefficient (Wildman–Crippen LogP) is 9.38. The van der Waals surface area contributed by atoms with E-state index < -0.39 is 0 Å². The third kappa shape index (κ3) is 10.8. The quantitative estimate of drug-likeness (QED) is 0.0892. The molecule has 4 aromatic carbocycles. The minimum atomic E-state index is -0.316. The number of esters is 1. The number of allylic oxidation sites excluding steroid dienone is 3. The summed E-state index contributed by atoms with van der Waals surface area (Å²) in [7, 11) is 1.49. The van der Waals surface area contributed by atoms with Crippen molar-refractivity contribution in [2.24, 2.45) is 11.8 Å². The summed E-state index contributed by atoms with van der Waals surface area (Å²) in [6.45, 7) is 5.03. The summed E-state index contributed by atoms with van der Waals surface area (Å²) in [6.07, 6.45) is 10.1. The van der Waals surface area contributed by atoms with Crippen molar-refractivity contribution in [2.75, 3.05) is 13.7 Å². The van der Waals surface area contributed by atoms with Crippen LogP contribution in [-0.4, -0.2) is 19.7 Å². The zero-order valence-corrected chi connectivity index (χ0v) is 26.9. The highest BCUT2D eigenvalue weighted by molar-refractivity contribution is 5.73. The van der Waals surface area contributed by atoms with Crippen molar-refractivity contribution in [3.8, 4) is 11.5 Å². The fraction of sp³-hybridized carbons (Fsp3) is 0.293. The maximum Gasteiger partial charge on any atom is 0.309 e. The topological polar surface area (TPSA) is 44.8 Å². The summed E-state index contributed by atoms with van der Waals surface area (Å²) in [5.74, 6) is 0.954. The van der Waals surface area contributed by atoms with Crippen LogP contribution in [0.5, 0.6) is 11.5 Å². The van der Waals surface area contributed by atoms with Gasteiger partial charge in [-0.1, -0.05) is 122 Å². The molecular weight excluding hydrogens is 556 g/mol. The Morgan fingerprint density at radius 3 is 2.00 bits per heavy atom. The highest BCUT2D eigenvalue weighted by atomic mass is 16.5. The van der Waals surface area contributed by atoms with Gasteiger partial charge in [-0.2, -0.15) is 0 Å². The SMILES string of the molecule is C/C=C\C=C(/CC)COc1cc(C[C@@H](C(=O)OC)C(CCc2ccccc2)Cc2ccccc2)ccc1OCc1ccccc1. The van der Waals surface area contributed by atoms with Gasteiger partial charge in [0, 0.05) is 0 Å². The van der Waals surface area contributed by atoms with Crippen molar-refractivity contribution in [2.45, 2.75) is 52.6 Å². The summed E-state index contributed by atoms with van der Waals surface area (Å²) in [6, 6.07) is 37.1. The molecule has 0 heterocycles. The molecule has 0 fully saturated rings. The van der Waals surface area contributed by atoms with Gasteiger partial charge < -0.3 is 14.2 Å². The molecule has 4 rings (SSSR count). The minimum Gasteiger partial charge on any atom is -0.485 e. The molecule has 0 aromatic heterocycles. The summed E-state index contributed by atoms with van der Waals surface area (Å²) in [5.41, 5.74) is 5.78. The second-order valence-corrected chi connectivity index (χ2v) is 11.4. The zero-order chi connectivity index (χ0) is 31.7. The van der Waals surface area contributed by atoms with Crippen LogP contribution < -0.4 is 9.47 Å². The molecule has 0 N–H and O–H groups in total. The molecule has 1 unspecified atom stereocenters. The van der Waals surface area contributed by atoms with Crippen molar-refractivity contribution in [3.63, 3.8) is 0 Å². The van der Waals surface area contributed by atoms with E-state index in [4.69, 9.17) is 14.2 Å². The van der Waals surface area contributed by atoms with Gasteiger partial charge in [0.25, 0.3) is 0 Å². The molecule has 0 bridgehead atoms. The van der Waals surface area contributed by atoms with Crippen LogP contribution in [0.4, 0.5) is 0 Å². The van der Waals surface area contributed by atoms with Gasteiger partial charge in [0.2, 0.25) is 0 Å². The molecule has 0 saturated heterocycles. The Hall–Kier alpha value is -4.57. The summed E-state index contributed by atoms with van der Waals surface area (Å²) in [4.78, 5) is 13.4. The van der Waals surface area contributed by atoms with Crippen LogP contribution >= 0.6 is 0 Å². The molecule has 0 aliphatic heterocycles. The third-order valence-corrected chi connectivity index (χ3v) is 8.15. The second kappa shape index (κ2) is 18.3. The van der Waals surface area contributed by atoms with Gasteiger partial charge in [-0.05, 0) is 84.9 Å². The molecule has 234 valence electrons. The highest BCUT2D eigenvalue weighted by Gasteiger charge is 2.30. The smallest absolute Gasteiger partial charge is 0.309 e. The third-order valence-electron chi connectivity index (χ3n) is 8.15. The van der Waals surface area contributed by atoms with E-state index in [0.717, 1.165) is 36.8 Å². The largest absolute Gasteiger partial charge is 0.485 e. The number of methoxy groups -OCH3 is 1. The average Bonchev–Trinajstić information content (AvgIpc) is 3.09. The number of carbonyl (C=O) groups excluding carboxylic acids is 1. The number of aryl methyl sites for hydroxylation is 1. The van der Waals surface area contributed by atoms with E-state index >= 15 is 0 Å². The number of hydrogen-bond acceptors (Lipinski definition) is 4. The number of hydrogen-bond donors (Lipinski definition) is 0. The maximum absolute atomic E-state index is 13.4. The van der Waals surface area contributed by atoms with Crippen LogP contribution in [0.2, 0.25) is 0 Å². The van der Waals surface area contributed by atoms with E-state index in [9.17, 15) is 4.79 Å². The van der Waals surface area contributed by atoms with Crippen molar-refractivity contribution in [1.29, 1.82) is 0 Å². The average molecular weight is 603 g/mol. The molecule has 0 amide bonds. The molecule has 0 aliphatic carbocycles. The van der Waals surface area contributed by atoms with E-state index in [1.807, 2.05) is 73.7 Å². The summed E-state index contributed by atoms with van der Waals surface area (Å²) >= 11 is 0. The molecule has 0 saturated carbocycles. The normalized spacial score (nSPS) is 12.9. The van der Waals surface area contributed by atoms with Crippen LogP contribution in [0.25, 0.3) is 0 Å². The van der Waals surface area contributed by atoms with Crippen LogP contribution in [0.3, 0.4) is 0 Å². The Balaban J connectivity index is 1.61. The number of carbonyl (C=O) groups is 1. The van der Waals surface area contributed by atoms with Gasteiger partial charge >= 0.3 is 5.97 Å². The minimum absolute atomic E-state index is 0.0916.